The van der Waals surface area contributed by atoms with Crippen LogP contribution in [0.1, 0.15) is 72.4 Å². The summed E-state index contributed by atoms with van der Waals surface area (Å²) in [7, 11) is 3.85. The van der Waals surface area contributed by atoms with Crippen molar-refractivity contribution >= 4 is 29.2 Å². The fourth-order valence-electron chi connectivity index (χ4n) is 7.56. The molecule has 0 bridgehead atoms. The Morgan fingerprint density at radius 3 is 2.54 bits per heavy atom. The second-order valence-electron chi connectivity index (χ2n) is 14.3. The predicted octanol–water partition coefficient (Wildman–Crippen LogP) is 5.04. The molecule has 1 N–H and O–H groups in total. The van der Waals surface area contributed by atoms with Crippen molar-refractivity contribution < 1.29 is 14.3 Å². The Morgan fingerprint density at radius 2 is 1.81 bits per heavy atom. The molecular formula is C37H43N7O4. The third-order valence-electron chi connectivity index (χ3n) is 10.1. The van der Waals surface area contributed by atoms with Gasteiger partial charge in [-0.1, -0.05) is 19.9 Å². The van der Waals surface area contributed by atoms with Crippen LogP contribution in [0.5, 0.6) is 0 Å². The first kappa shape index (κ1) is 31.8. The molecule has 0 atom stereocenters. The number of anilines is 3. The minimum Gasteiger partial charge on any atom is -0.461 e. The number of nitrogens with one attached hydrogen (secondary N) is 1. The van der Waals surface area contributed by atoms with E-state index in [1.807, 2.05) is 24.4 Å². The van der Waals surface area contributed by atoms with Gasteiger partial charge in [0.15, 0.2) is 0 Å². The van der Waals surface area contributed by atoms with Crippen molar-refractivity contribution in [1.82, 2.24) is 24.0 Å². The van der Waals surface area contributed by atoms with Gasteiger partial charge in [0, 0.05) is 62.5 Å². The lowest BCUT2D eigenvalue weighted by Crippen LogP contribution is -2.41. The Morgan fingerprint density at radius 1 is 1.02 bits per heavy atom. The molecular weight excluding hydrogens is 606 g/mol. The average molecular weight is 650 g/mol. The third kappa shape index (κ3) is 6.03. The van der Waals surface area contributed by atoms with Gasteiger partial charge in [0.05, 0.1) is 0 Å². The van der Waals surface area contributed by atoms with Crippen molar-refractivity contribution in [3.63, 3.8) is 0 Å². The van der Waals surface area contributed by atoms with E-state index >= 15 is 0 Å². The molecule has 1 fully saturated rings. The number of rotatable bonds is 7. The van der Waals surface area contributed by atoms with Crippen LogP contribution < -0.4 is 15.8 Å². The first-order chi connectivity index (χ1) is 23.0. The van der Waals surface area contributed by atoms with Gasteiger partial charge < -0.3 is 24.1 Å². The van der Waals surface area contributed by atoms with Gasteiger partial charge in [0.1, 0.15) is 29.6 Å². The molecule has 4 aromatic heterocycles. The van der Waals surface area contributed by atoms with Crippen LogP contribution in [0, 0.1) is 5.41 Å². The molecule has 0 unspecified atom stereocenters. The molecule has 0 radical (unpaired) electrons. The van der Waals surface area contributed by atoms with E-state index < -0.39 is 5.97 Å². The normalized spacial score (nSPS) is 17.7. The van der Waals surface area contributed by atoms with Crippen LogP contribution >= 0.6 is 0 Å². The summed E-state index contributed by atoms with van der Waals surface area (Å²) < 4.78 is 9.21. The zero-order valence-corrected chi connectivity index (χ0v) is 28.4. The van der Waals surface area contributed by atoms with E-state index in [-0.39, 0.29) is 23.5 Å². The zero-order chi connectivity index (χ0) is 33.7. The van der Waals surface area contributed by atoms with Gasteiger partial charge in [0.25, 0.3) is 11.5 Å². The van der Waals surface area contributed by atoms with E-state index in [0.717, 1.165) is 38.8 Å². The minimum absolute atomic E-state index is 0.0745. The molecule has 0 saturated carbocycles. The summed E-state index contributed by atoms with van der Waals surface area (Å²) in [6.45, 7) is 9.05. The Labute approximate surface area is 280 Å². The topological polar surface area (TPSA) is 115 Å². The number of carbonyl (C=O) groups is 2. The lowest BCUT2D eigenvalue weighted by atomic mass is 9.90. The number of piperidine rings is 1. The van der Waals surface area contributed by atoms with Gasteiger partial charge >= 0.3 is 5.97 Å². The number of pyridine rings is 3. The van der Waals surface area contributed by atoms with Gasteiger partial charge in [-0.15, -0.1) is 0 Å². The summed E-state index contributed by atoms with van der Waals surface area (Å²) in [6.07, 6.45) is 9.41. The van der Waals surface area contributed by atoms with Crippen LogP contribution in [-0.4, -0.2) is 62.6 Å². The number of amides is 1. The highest BCUT2D eigenvalue weighted by molar-refractivity contribution is 6.06. The zero-order valence-electron chi connectivity index (χ0n) is 28.4. The number of aromatic nitrogens is 4. The number of esters is 1. The number of hydrogen-bond donors (Lipinski definition) is 1. The van der Waals surface area contributed by atoms with E-state index in [1.54, 1.807) is 30.4 Å². The summed E-state index contributed by atoms with van der Waals surface area (Å²) in [5.74, 6) is 0.945. The molecule has 3 aliphatic rings. The quantitative estimate of drug-likeness (QED) is 0.277. The van der Waals surface area contributed by atoms with Crippen molar-refractivity contribution in [3.8, 4) is 11.1 Å². The van der Waals surface area contributed by atoms with Gasteiger partial charge in [0.2, 0.25) is 0 Å². The molecule has 250 valence electrons. The van der Waals surface area contributed by atoms with Crippen LogP contribution in [0.25, 0.3) is 11.1 Å². The summed E-state index contributed by atoms with van der Waals surface area (Å²) in [5.41, 5.74) is 6.72. The maximum atomic E-state index is 14.0. The van der Waals surface area contributed by atoms with E-state index in [4.69, 9.17) is 4.74 Å². The van der Waals surface area contributed by atoms with Crippen LogP contribution in [0.2, 0.25) is 0 Å². The van der Waals surface area contributed by atoms with Crippen molar-refractivity contribution in [3.05, 3.63) is 87.4 Å². The van der Waals surface area contributed by atoms with E-state index in [2.05, 4.69) is 51.7 Å². The van der Waals surface area contributed by atoms with Gasteiger partial charge in [-0.2, -0.15) is 0 Å². The van der Waals surface area contributed by atoms with Crippen molar-refractivity contribution in [2.45, 2.75) is 65.5 Å². The summed E-state index contributed by atoms with van der Waals surface area (Å²) in [6, 6.07) is 9.65. The molecule has 11 heteroatoms. The second-order valence-corrected chi connectivity index (χ2v) is 14.3. The molecule has 1 saturated heterocycles. The third-order valence-corrected chi connectivity index (χ3v) is 10.1. The standard InChI is InChI=1S/C37H43N7O4/c1-23(45)48-22-29-28(8-11-38-34(29)44-15-14-43-31(36(44)47)17-26-18-37(2,3)19-32(26)43)27-16-30(35(46)42(5)21-27)40-33-7-6-25(20-39-33)24-9-12-41(4)13-10-24/h6-8,11,16-17,20-21,24H,9-10,12-15,18-19,22H2,1-5H3,(H,39,40). The number of ether oxygens (including phenoxy) is 1. The highest BCUT2D eigenvalue weighted by Crippen LogP contribution is 2.40. The highest BCUT2D eigenvalue weighted by atomic mass is 16.5. The predicted molar refractivity (Wildman–Crippen MR) is 185 cm³/mol. The van der Waals surface area contributed by atoms with E-state index in [1.165, 1.54) is 28.3 Å². The number of likely N-dealkylation sites (tertiary alicyclic amines) is 1. The number of aryl methyl sites for hydroxylation is 1. The average Bonchev–Trinajstić information content (AvgIpc) is 3.55. The summed E-state index contributed by atoms with van der Waals surface area (Å²) >= 11 is 0. The smallest absolute Gasteiger partial charge is 0.302 e. The highest BCUT2D eigenvalue weighted by Gasteiger charge is 2.37. The first-order valence-corrected chi connectivity index (χ1v) is 16.7. The van der Waals surface area contributed by atoms with Crippen LogP contribution in [0.3, 0.4) is 0 Å². The first-order valence-electron chi connectivity index (χ1n) is 16.7. The summed E-state index contributed by atoms with van der Waals surface area (Å²) in [5, 5.41) is 3.23. The maximum absolute atomic E-state index is 14.0. The van der Waals surface area contributed by atoms with E-state index in [0.29, 0.717) is 58.7 Å². The van der Waals surface area contributed by atoms with Gasteiger partial charge in [-0.25, -0.2) is 9.97 Å². The number of hydrogen-bond acceptors (Lipinski definition) is 8. The van der Waals surface area contributed by atoms with Crippen LogP contribution in [0.4, 0.5) is 17.3 Å². The monoisotopic (exact) mass is 649 g/mol. The summed E-state index contributed by atoms with van der Waals surface area (Å²) in [4.78, 5) is 52.7. The Bertz CT molecular complexity index is 1950. The number of carbonyl (C=O) groups excluding carboxylic acids is 2. The molecule has 7 rings (SSSR count). The molecule has 0 spiro atoms. The second kappa shape index (κ2) is 12.4. The molecule has 1 aliphatic carbocycles. The molecule has 11 nitrogen and oxygen atoms in total. The Hall–Kier alpha value is -4.77. The van der Waals surface area contributed by atoms with Gasteiger partial charge in [-0.05, 0) is 98.1 Å². The minimum atomic E-state index is -0.439. The molecule has 48 heavy (non-hydrogen) atoms. The Kier molecular flexibility index (Phi) is 8.19. The molecule has 0 aromatic carbocycles. The van der Waals surface area contributed by atoms with Crippen LogP contribution in [0.15, 0.2) is 53.7 Å². The fraction of sp³-hybridized carbons (Fsp3) is 0.432. The fourth-order valence-corrected chi connectivity index (χ4v) is 7.56. The molecule has 1 amide bonds. The number of fused-ring (bicyclic) bond motifs is 3. The van der Waals surface area contributed by atoms with Crippen molar-refractivity contribution in [1.29, 1.82) is 0 Å². The largest absolute Gasteiger partial charge is 0.461 e. The Balaban J connectivity index is 1.21. The van der Waals surface area contributed by atoms with E-state index in [9.17, 15) is 14.4 Å². The SMILES string of the molecule is CC(=O)OCc1c(-c2cc(Nc3ccc(C4CCN(C)CC4)cn3)c(=O)n(C)c2)ccnc1N1CCn2c(cc3c2CC(C)(C)C3)C1=O. The molecule has 4 aromatic rings. The van der Waals surface area contributed by atoms with Crippen LogP contribution in [-0.2, 0) is 42.6 Å². The molecule has 6 heterocycles. The lowest BCUT2D eigenvalue weighted by Gasteiger charge is -2.31. The van der Waals surface area contributed by atoms with Crippen molar-refractivity contribution in [2.24, 2.45) is 12.5 Å². The lowest BCUT2D eigenvalue weighted by molar-refractivity contribution is -0.142. The van der Waals surface area contributed by atoms with Crippen molar-refractivity contribution in [2.75, 3.05) is 36.9 Å². The number of nitrogens with zero attached hydrogens (tertiary/aromatic N) is 6. The molecule has 2 aliphatic heterocycles. The maximum Gasteiger partial charge on any atom is 0.302 e. The van der Waals surface area contributed by atoms with Gasteiger partial charge in [-0.3, -0.25) is 19.3 Å².